The van der Waals surface area contributed by atoms with Crippen LogP contribution in [0.5, 0.6) is 0 Å². The van der Waals surface area contributed by atoms with Gasteiger partial charge < -0.3 is 10.4 Å². The average molecular weight is 339 g/mol. The van der Waals surface area contributed by atoms with Gasteiger partial charge in [-0.2, -0.15) is 0 Å². The van der Waals surface area contributed by atoms with Crippen molar-refractivity contribution in [3.8, 4) is 0 Å². The standard InChI is InChI=1S/C21H27BFNO/c1-15(2)14-21(25,19-6-4-5-7-20(19)23)12-13-24-16(3)17-8-10-18(22)11-9-17/h4-11,16,24-25H,1,12-14,22H2,2-3H3/t16-,21?/m0/s1. The predicted molar refractivity (Wildman–Crippen MR) is 105 cm³/mol. The number of aliphatic hydroxyl groups is 1. The Bertz CT molecular complexity index is 716. The first-order chi connectivity index (χ1) is 11.8. The number of nitrogens with one attached hydrogen (secondary N) is 1. The molecule has 0 aliphatic carbocycles. The minimum Gasteiger partial charge on any atom is -0.385 e. The van der Waals surface area contributed by atoms with Crippen molar-refractivity contribution in [1.29, 1.82) is 0 Å². The fourth-order valence-electron chi connectivity index (χ4n) is 3.12. The zero-order valence-corrected chi connectivity index (χ0v) is 15.3. The van der Waals surface area contributed by atoms with E-state index in [0.717, 1.165) is 5.57 Å². The fraction of sp³-hybridized carbons (Fsp3) is 0.333. The summed E-state index contributed by atoms with van der Waals surface area (Å²) in [5.74, 6) is -0.377. The van der Waals surface area contributed by atoms with E-state index in [-0.39, 0.29) is 11.9 Å². The molecule has 0 aromatic heterocycles. The van der Waals surface area contributed by atoms with E-state index in [2.05, 4.69) is 50.9 Å². The summed E-state index contributed by atoms with van der Waals surface area (Å²) in [5, 5.41) is 14.5. The Kier molecular flexibility index (Phi) is 6.57. The van der Waals surface area contributed by atoms with Crippen LogP contribution in [0.1, 0.15) is 43.9 Å². The number of halogens is 1. The number of benzene rings is 2. The second-order valence-electron chi connectivity index (χ2n) is 6.98. The third-order valence-electron chi connectivity index (χ3n) is 4.54. The molecular weight excluding hydrogens is 312 g/mol. The largest absolute Gasteiger partial charge is 0.385 e. The Morgan fingerprint density at radius 3 is 2.48 bits per heavy atom. The molecule has 0 saturated heterocycles. The predicted octanol–water partition coefficient (Wildman–Crippen LogP) is 2.98. The Morgan fingerprint density at radius 1 is 1.24 bits per heavy atom. The van der Waals surface area contributed by atoms with E-state index < -0.39 is 5.60 Å². The van der Waals surface area contributed by atoms with Crippen LogP contribution in [0.3, 0.4) is 0 Å². The molecule has 0 fully saturated rings. The number of rotatable bonds is 8. The summed E-state index contributed by atoms with van der Waals surface area (Å²) in [6.45, 7) is 8.41. The third-order valence-corrected chi connectivity index (χ3v) is 4.54. The molecule has 2 atom stereocenters. The Labute approximate surface area is 151 Å². The lowest BCUT2D eigenvalue weighted by molar-refractivity contribution is 0.0241. The molecule has 0 spiro atoms. The van der Waals surface area contributed by atoms with Gasteiger partial charge in [-0.25, -0.2) is 4.39 Å². The van der Waals surface area contributed by atoms with Crippen LogP contribution in [0.15, 0.2) is 60.7 Å². The fourth-order valence-corrected chi connectivity index (χ4v) is 3.12. The van der Waals surface area contributed by atoms with Crippen LogP contribution >= 0.6 is 0 Å². The lowest BCUT2D eigenvalue weighted by Crippen LogP contribution is -2.33. The first kappa shape index (κ1) is 19.4. The maximum atomic E-state index is 14.2. The highest BCUT2D eigenvalue weighted by molar-refractivity contribution is 6.32. The van der Waals surface area contributed by atoms with Crippen molar-refractivity contribution in [2.24, 2.45) is 0 Å². The van der Waals surface area contributed by atoms with Crippen LogP contribution in [0.25, 0.3) is 0 Å². The first-order valence-electron chi connectivity index (χ1n) is 8.73. The van der Waals surface area contributed by atoms with Gasteiger partial charge in [0.2, 0.25) is 0 Å². The quantitative estimate of drug-likeness (QED) is 0.572. The number of hydrogen-bond acceptors (Lipinski definition) is 2. The highest BCUT2D eigenvalue weighted by Gasteiger charge is 2.31. The molecule has 2 aromatic rings. The molecule has 132 valence electrons. The van der Waals surface area contributed by atoms with Gasteiger partial charge in [0, 0.05) is 18.0 Å². The highest BCUT2D eigenvalue weighted by Crippen LogP contribution is 2.33. The minimum atomic E-state index is -1.25. The van der Waals surface area contributed by atoms with Crippen molar-refractivity contribution in [3.63, 3.8) is 0 Å². The van der Waals surface area contributed by atoms with Crippen molar-refractivity contribution in [2.75, 3.05) is 6.54 Å². The molecule has 25 heavy (non-hydrogen) atoms. The van der Waals surface area contributed by atoms with Gasteiger partial charge in [-0.15, -0.1) is 6.58 Å². The van der Waals surface area contributed by atoms with Crippen LogP contribution in [-0.2, 0) is 5.60 Å². The smallest absolute Gasteiger partial charge is 0.139 e. The van der Waals surface area contributed by atoms with Gasteiger partial charge in [0.25, 0.3) is 0 Å². The summed E-state index contributed by atoms with van der Waals surface area (Å²) in [7, 11) is 2.06. The minimum absolute atomic E-state index is 0.162. The Hall–Kier alpha value is -1.91. The van der Waals surface area contributed by atoms with Gasteiger partial charge in [0.1, 0.15) is 13.7 Å². The molecule has 0 heterocycles. The van der Waals surface area contributed by atoms with Crippen LogP contribution in [0.4, 0.5) is 4.39 Å². The molecule has 2 nitrogen and oxygen atoms in total. The summed E-state index contributed by atoms with van der Waals surface area (Å²) in [4.78, 5) is 0. The molecular formula is C21H27BFNO. The van der Waals surface area contributed by atoms with Crippen molar-refractivity contribution >= 4 is 13.3 Å². The number of hydrogen-bond donors (Lipinski definition) is 2. The molecule has 0 amide bonds. The van der Waals surface area contributed by atoms with Crippen LogP contribution in [0, 0.1) is 5.82 Å². The van der Waals surface area contributed by atoms with E-state index in [0.29, 0.717) is 24.9 Å². The molecule has 2 aromatic carbocycles. The molecule has 2 N–H and O–H groups in total. The lowest BCUT2D eigenvalue weighted by Gasteiger charge is -2.30. The zero-order chi connectivity index (χ0) is 18.4. The van der Waals surface area contributed by atoms with Gasteiger partial charge in [-0.05, 0) is 38.4 Å². The van der Waals surface area contributed by atoms with E-state index in [1.807, 2.05) is 6.92 Å². The van der Waals surface area contributed by atoms with Crippen LogP contribution in [-0.4, -0.2) is 19.5 Å². The normalized spacial score (nSPS) is 14.7. The molecule has 1 unspecified atom stereocenters. The van der Waals surface area contributed by atoms with E-state index in [9.17, 15) is 9.50 Å². The average Bonchev–Trinajstić information content (AvgIpc) is 2.55. The maximum absolute atomic E-state index is 14.2. The second-order valence-corrected chi connectivity index (χ2v) is 6.98. The summed E-state index contributed by atoms with van der Waals surface area (Å²) < 4.78 is 14.2. The van der Waals surface area contributed by atoms with Crippen molar-refractivity contribution in [3.05, 3.63) is 77.6 Å². The van der Waals surface area contributed by atoms with E-state index >= 15 is 0 Å². The summed E-state index contributed by atoms with van der Waals surface area (Å²) in [6, 6.07) is 15.0. The van der Waals surface area contributed by atoms with Gasteiger partial charge in [-0.1, -0.05) is 53.5 Å². The van der Waals surface area contributed by atoms with E-state index in [1.54, 1.807) is 18.2 Å². The summed E-state index contributed by atoms with van der Waals surface area (Å²) >= 11 is 0. The van der Waals surface area contributed by atoms with Gasteiger partial charge in [0.15, 0.2) is 0 Å². The zero-order valence-electron chi connectivity index (χ0n) is 15.3. The van der Waals surface area contributed by atoms with Crippen molar-refractivity contribution in [1.82, 2.24) is 5.32 Å². The molecule has 2 rings (SSSR count). The molecule has 0 radical (unpaired) electrons. The Balaban J connectivity index is 2.06. The SMILES string of the molecule is Bc1ccc([C@H](C)NCCC(O)(CC(=C)C)c2ccccc2F)cc1. The molecule has 4 heteroatoms. The van der Waals surface area contributed by atoms with Crippen LogP contribution < -0.4 is 10.8 Å². The first-order valence-corrected chi connectivity index (χ1v) is 8.73. The topological polar surface area (TPSA) is 32.3 Å². The Morgan fingerprint density at radius 2 is 1.88 bits per heavy atom. The highest BCUT2D eigenvalue weighted by atomic mass is 19.1. The van der Waals surface area contributed by atoms with Crippen molar-refractivity contribution in [2.45, 2.75) is 38.3 Å². The lowest BCUT2D eigenvalue weighted by atomic mass is 9.84. The van der Waals surface area contributed by atoms with Gasteiger partial charge in [0.05, 0.1) is 5.60 Å². The molecule has 0 bridgehead atoms. The van der Waals surface area contributed by atoms with Crippen molar-refractivity contribution < 1.29 is 9.50 Å². The van der Waals surface area contributed by atoms with Gasteiger partial charge >= 0.3 is 0 Å². The van der Waals surface area contributed by atoms with E-state index in [4.69, 9.17) is 0 Å². The monoisotopic (exact) mass is 339 g/mol. The van der Waals surface area contributed by atoms with E-state index in [1.165, 1.54) is 17.1 Å². The molecule has 0 aliphatic rings. The van der Waals surface area contributed by atoms with Crippen LogP contribution in [0.2, 0.25) is 0 Å². The molecule has 0 saturated carbocycles. The third kappa shape index (κ3) is 5.28. The van der Waals surface area contributed by atoms with Gasteiger partial charge in [-0.3, -0.25) is 0 Å². The second kappa shape index (κ2) is 8.46. The summed E-state index contributed by atoms with van der Waals surface area (Å²) in [6.07, 6.45) is 0.755. The maximum Gasteiger partial charge on any atom is 0.139 e. The molecule has 0 aliphatic heterocycles. The summed E-state index contributed by atoms with van der Waals surface area (Å²) in [5.41, 5.74) is 2.34.